The van der Waals surface area contributed by atoms with E-state index in [-0.39, 0.29) is 19.1 Å². The zero-order valence-corrected chi connectivity index (χ0v) is 12.8. The van der Waals surface area contributed by atoms with Gasteiger partial charge in [0, 0.05) is 7.05 Å². The number of methoxy groups -OCH3 is 1. The van der Waals surface area contributed by atoms with Gasteiger partial charge >= 0.3 is 0 Å². The number of aryl methyl sites for hydroxylation is 1. The van der Waals surface area contributed by atoms with E-state index in [2.05, 4.69) is 0 Å². The largest absolute Gasteiger partial charge is 0.493 e. The minimum absolute atomic E-state index is 0.0979. The van der Waals surface area contributed by atoms with Crippen molar-refractivity contribution in [2.24, 2.45) is 0 Å². The molecule has 0 aliphatic rings. The average molecular weight is 281 g/mol. The van der Waals surface area contributed by atoms with Gasteiger partial charge in [0.2, 0.25) is 0 Å². The first-order chi connectivity index (χ1) is 9.31. The maximum Gasteiger partial charge on any atom is 0.260 e. The van der Waals surface area contributed by atoms with Crippen molar-refractivity contribution in [3.63, 3.8) is 0 Å². The van der Waals surface area contributed by atoms with E-state index in [9.17, 15) is 9.90 Å². The standard InChI is InChI=1S/C15H23NO4/c1-11-6-7-12(13(8-11)19-5)20-9-14(18)16(4)15(2,3)10-17/h6-8,17H,9-10H2,1-5H3. The first-order valence-electron chi connectivity index (χ1n) is 6.47. The molecule has 1 aromatic carbocycles. The maximum atomic E-state index is 12.0. The number of hydrogen-bond donors (Lipinski definition) is 1. The third kappa shape index (κ3) is 3.87. The fourth-order valence-corrected chi connectivity index (χ4v) is 1.57. The molecule has 0 radical (unpaired) electrons. The maximum absolute atomic E-state index is 12.0. The molecule has 1 aromatic rings. The minimum Gasteiger partial charge on any atom is -0.493 e. The molecule has 1 N–H and O–H groups in total. The van der Waals surface area contributed by atoms with Crippen molar-refractivity contribution < 1.29 is 19.4 Å². The quantitative estimate of drug-likeness (QED) is 0.860. The summed E-state index contributed by atoms with van der Waals surface area (Å²) in [5, 5.41) is 9.26. The Balaban J connectivity index is 2.70. The number of rotatable bonds is 6. The Labute approximate surface area is 120 Å². The molecule has 5 nitrogen and oxygen atoms in total. The SMILES string of the molecule is COc1cc(C)ccc1OCC(=O)N(C)C(C)(C)CO. The van der Waals surface area contributed by atoms with E-state index >= 15 is 0 Å². The van der Waals surface area contributed by atoms with Crippen LogP contribution in [0.3, 0.4) is 0 Å². The van der Waals surface area contributed by atoms with Crippen LogP contribution in [0.2, 0.25) is 0 Å². The van der Waals surface area contributed by atoms with Crippen LogP contribution in [0, 0.1) is 6.92 Å². The number of amides is 1. The van der Waals surface area contributed by atoms with Crippen molar-refractivity contribution in [2.75, 3.05) is 27.4 Å². The predicted octanol–water partition coefficient (Wildman–Crippen LogP) is 1.61. The van der Waals surface area contributed by atoms with Crippen LogP contribution in [-0.4, -0.2) is 48.8 Å². The van der Waals surface area contributed by atoms with E-state index in [1.807, 2.05) is 19.1 Å². The van der Waals surface area contributed by atoms with Gasteiger partial charge in [0.25, 0.3) is 5.91 Å². The fourth-order valence-electron chi connectivity index (χ4n) is 1.57. The highest BCUT2D eigenvalue weighted by Crippen LogP contribution is 2.27. The zero-order valence-electron chi connectivity index (χ0n) is 12.8. The molecule has 0 aliphatic heterocycles. The normalized spacial score (nSPS) is 11.1. The van der Waals surface area contributed by atoms with Gasteiger partial charge in [-0.05, 0) is 38.5 Å². The Bertz CT molecular complexity index is 471. The summed E-state index contributed by atoms with van der Waals surface area (Å²) in [7, 11) is 3.21. The van der Waals surface area contributed by atoms with Gasteiger partial charge < -0.3 is 19.5 Å². The number of nitrogens with zero attached hydrogens (tertiary/aromatic N) is 1. The van der Waals surface area contributed by atoms with Crippen LogP contribution in [-0.2, 0) is 4.79 Å². The molecule has 0 saturated carbocycles. The van der Waals surface area contributed by atoms with E-state index in [4.69, 9.17) is 9.47 Å². The third-order valence-electron chi connectivity index (χ3n) is 3.34. The highest BCUT2D eigenvalue weighted by atomic mass is 16.5. The summed E-state index contributed by atoms with van der Waals surface area (Å²) in [5.74, 6) is 0.926. The first-order valence-corrected chi connectivity index (χ1v) is 6.47. The van der Waals surface area contributed by atoms with Crippen LogP contribution >= 0.6 is 0 Å². The lowest BCUT2D eigenvalue weighted by Gasteiger charge is -2.33. The highest BCUT2D eigenvalue weighted by molar-refractivity contribution is 5.78. The molecular weight excluding hydrogens is 258 g/mol. The van der Waals surface area contributed by atoms with Gasteiger partial charge in [0.05, 0.1) is 19.3 Å². The Morgan fingerprint density at radius 1 is 1.35 bits per heavy atom. The van der Waals surface area contributed by atoms with Gasteiger partial charge in [-0.3, -0.25) is 4.79 Å². The van der Waals surface area contributed by atoms with Crippen LogP contribution in [0.4, 0.5) is 0 Å². The van der Waals surface area contributed by atoms with Gasteiger partial charge in [0.1, 0.15) is 0 Å². The van der Waals surface area contributed by atoms with Crippen molar-refractivity contribution >= 4 is 5.91 Å². The summed E-state index contributed by atoms with van der Waals surface area (Å²) >= 11 is 0. The number of aliphatic hydroxyl groups excluding tert-OH is 1. The van der Waals surface area contributed by atoms with Gasteiger partial charge in [-0.1, -0.05) is 6.07 Å². The third-order valence-corrected chi connectivity index (χ3v) is 3.34. The molecule has 0 heterocycles. The summed E-state index contributed by atoms with van der Waals surface area (Å²) in [6.45, 7) is 5.33. The second-order valence-corrected chi connectivity index (χ2v) is 5.37. The van der Waals surface area contributed by atoms with Gasteiger partial charge in [0.15, 0.2) is 18.1 Å². The number of benzene rings is 1. The van der Waals surface area contributed by atoms with E-state index in [0.29, 0.717) is 11.5 Å². The number of carbonyl (C=O) groups is 1. The molecule has 1 amide bonds. The van der Waals surface area contributed by atoms with E-state index in [1.54, 1.807) is 34.1 Å². The summed E-state index contributed by atoms with van der Waals surface area (Å²) in [5.41, 5.74) is 0.441. The summed E-state index contributed by atoms with van der Waals surface area (Å²) in [4.78, 5) is 13.5. The molecule has 0 aliphatic carbocycles. The van der Waals surface area contributed by atoms with E-state index in [1.165, 1.54) is 4.90 Å². The molecule has 0 saturated heterocycles. The van der Waals surface area contributed by atoms with Crippen molar-refractivity contribution in [2.45, 2.75) is 26.3 Å². The topological polar surface area (TPSA) is 59.0 Å². The molecule has 112 valence electrons. The molecule has 1 rings (SSSR count). The zero-order chi connectivity index (χ0) is 15.3. The number of carbonyl (C=O) groups excluding carboxylic acids is 1. The lowest BCUT2D eigenvalue weighted by Crippen LogP contribution is -2.49. The van der Waals surface area contributed by atoms with E-state index in [0.717, 1.165) is 5.56 Å². The number of hydrogen-bond acceptors (Lipinski definition) is 4. The lowest BCUT2D eigenvalue weighted by molar-refractivity contribution is -0.138. The number of aliphatic hydroxyl groups is 1. The molecule has 0 spiro atoms. The Morgan fingerprint density at radius 2 is 2.00 bits per heavy atom. The fraction of sp³-hybridized carbons (Fsp3) is 0.533. The van der Waals surface area contributed by atoms with Crippen molar-refractivity contribution in [3.8, 4) is 11.5 Å². The highest BCUT2D eigenvalue weighted by Gasteiger charge is 2.27. The summed E-state index contributed by atoms with van der Waals surface area (Å²) in [6.07, 6.45) is 0. The summed E-state index contributed by atoms with van der Waals surface area (Å²) < 4.78 is 10.7. The second kappa shape index (κ2) is 6.61. The van der Waals surface area contributed by atoms with E-state index < -0.39 is 5.54 Å². The molecule has 0 aromatic heterocycles. The minimum atomic E-state index is -0.613. The van der Waals surface area contributed by atoms with Crippen molar-refractivity contribution in [1.82, 2.24) is 4.90 Å². The van der Waals surface area contributed by atoms with Crippen molar-refractivity contribution in [1.29, 1.82) is 0 Å². The van der Waals surface area contributed by atoms with Crippen LogP contribution in [0.15, 0.2) is 18.2 Å². The smallest absolute Gasteiger partial charge is 0.260 e. The molecule has 0 bridgehead atoms. The lowest BCUT2D eigenvalue weighted by atomic mass is 10.1. The van der Waals surface area contributed by atoms with Crippen molar-refractivity contribution in [3.05, 3.63) is 23.8 Å². The number of ether oxygens (including phenoxy) is 2. The first kappa shape index (κ1) is 16.3. The summed E-state index contributed by atoms with van der Waals surface area (Å²) in [6, 6.07) is 5.52. The average Bonchev–Trinajstić information content (AvgIpc) is 2.44. The van der Waals surface area contributed by atoms with Crippen LogP contribution in [0.5, 0.6) is 11.5 Å². The molecule has 0 unspecified atom stereocenters. The van der Waals surface area contributed by atoms with Crippen LogP contribution in [0.1, 0.15) is 19.4 Å². The molecule has 0 atom stereocenters. The molecule has 20 heavy (non-hydrogen) atoms. The second-order valence-electron chi connectivity index (χ2n) is 5.37. The Kier molecular flexibility index (Phi) is 5.39. The van der Waals surface area contributed by atoms with Gasteiger partial charge in [-0.2, -0.15) is 0 Å². The number of likely N-dealkylation sites (N-methyl/N-ethyl adjacent to an activating group) is 1. The van der Waals surface area contributed by atoms with Crippen LogP contribution in [0.25, 0.3) is 0 Å². The Morgan fingerprint density at radius 3 is 2.55 bits per heavy atom. The van der Waals surface area contributed by atoms with Gasteiger partial charge in [-0.15, -0.1) is 0 Å². The monoisotopic (exact) mass is 281 g/mol. The Hall–Kier alpha value is -1.75. The van der Waals surface area contributed by atoms with Crippen LogP contribution < -0.4 is 9.47 Å². The van der Waals surface area contributed by atoms with Gasteiger partial charge in [-0.25, -0.2) is 0 Å². The molecule has 5 heteroatoms. The predicted molar refractivity (Wildman–Crippen MR) is 77.2 cm³/mol. The molecule has 0 fully saturated rings. The molecular formula is C15H23NO4.